The molecule has 0 spiro atoms. The Hall–Kier alpha value is -3.54. The van der Waals surface area contributed by atoms with E-state index in [2.05, 4.69) is 59.2 Å². The number of hydrogen-bond donors (Lipinski definition) is 2. The number of carbonyl (C=O) groups is 2. The summed E-state index contributed by atoms with van der Waals surface area (Å²) in [7, 11) is 0. The van der Waals surface area contributed by atoms with E-state index in [1.165, 1.54) is 22.3 Å². The van der Waals surface area contributed by atoms with Crippen molar-refractivity contribution in [2.45, 2.75) is 31.1 Å². The zero-order valence-electron chi connectivity index (χ0n) is 18.7. The van der Waals surface area contributed by atoms with Gasteiger partial charge in [-0.2, -0.15) is 0 Å². The lowest BCUT2D eigenvalue weighted by molar-refractivity contribution is -0.121. The smallest absolute Gasteiger partial charge is 0.254 e. The molecule has 2 bridgehead atoms. The van der Waals surface area contributed by atoms with Crippen molar-refractivity contribution in [1.82, 2.24) is 10.6 Å². The van der Waals surface area contributed by atoms with Crippen LogP contribution in [0.2, 0.25) is 0 Å². The highest BCUT2D eigenvalue weighted by atomic mass is 19.1. The second kappa shape index (κ2) is 9.37. The first-order valence-electron chi connectivity index (χ1n) is 11.7. The van der Waals surface area contributed by atoms with Crippen LogP contribution in [0, 0.1) is 17.6 Å². The third kappa shape index (κ3) is 4.20. The summed E-state index contributed by atoms with van der Waals surface area (Å²) in [6.07, 6.45) is 1.71. The normalized spacial score (nSPS) is 19.8. The summed E-state index contributed by atoms with van der Waals surface area (Å²) >= 11 is 0. The van der Waals surface area contributed by atoms with Crippen LogP contribution < -0.4 is 10.6 Å². The maximum absolute atomic E-state index is 13.7. The summed E-state index contributed by atoms with van der Waals surface area (Å²) in [6.45, 7) is 0.841. The SMILES string of the molecule is O=C(CCCNC(=O)c1ccc(F)cc1F)NCC1CC2c3ccccc3C1c1ccccc12. The summed E-state index contributed by atoms with van der Waals surface area (Å²) < 4.78 is 26.7. The van der Waals surface area contributed by atoms with Gasteiger partial charge in [0.05, 0.1) is 5.56 Å². The minimum Gasteiger partial charge on any atom is -0.356 e. The maximum atomic E-state index is 13.7. The first kappa shape index (κ1) is 22.3. The minimum atomic E-state index is -0.903. The number of fused-ring (bicyclic) bond motifs is 1. The van der Waals surface area contributed by atoms with Gasteiger partial charge in [-0.25, -0.2) is 8.78 Å². The molecule has 0 radical (unpaired) electrons. The number of hydrogen-bond acceptors (Lipinski definition) is 2. The van der Waals surface area contributed by atoms with Gasteiger partial charge in [-0.15, -0.1) is 0 Å². The Kier molecular flexibility index (Phi) is 6.14. The zero-order valence-corrected chi connectivity index (χ0v) is 18.7. The Morgan fingerprint density at radius 3 is 2.15 bits per heavy atom. The van der Waals surface area contributed by atoms with E-state index in [0.717, 1.165) is 18.6 Å². The molecule has 0 saturated heterocycles. The van der Waals surface area contributed by atoms with Crippen LogP contribution in [0.3, 0.4) is 0 Å². The number of nitrogens with one attached hydrogen (secondary N) is 2. The lowest BCUT2D eigenvalue weighted by Crippen LogP contribution is -2.39. The molecular formula is C28H26F2N2O2. The molecule has 1 unspecified atom stereocenters. The largest absolute Gasteiger partial charge is 0.356 e. The highest BCUT2D eigenvalue weighted by molar-refractivity contribution is 5.94. The monoisotopic (exact) mass is 460 g/mol. The molecule has 3 aromatic rings. The molecule has 3 aromatic carbocycles. The average Bonchev–Trinajstić information content (AvgIpc) is 2.85. The molecule has 3 aliphatic carbocycles. The second-order valence-corrected chi connectivity index (χ2v) is 9.07. The van der Waals surface area contributed by atoms with E-state index in [9.17, 15) is 18.4 Å². The van der Waals surface area contributed by atoms with E-state index in [-0.39, 0.29) is 30.4 Å². The van der Waals surface area contributed by atoms with Crippen molar-refractivity contribution >= 4 is 11.8 Å². The van der Waals surface area contributed by atoms with Gasteiger partial charge in [0.15, 0.2) is 0 Å². The summed E-state index contributed by atoms with van der Waals surface area (Å²) in [5, 5.41) is 5.66. The molecule has 0 aromatic heterocycles. The predicted molar refractivity (Wildman–Crippen MR) is 126 cm³/mol. The Morgan fingerprint density at radius 2 is 1.50 bits per heavy atom. The fourth-order valence-corrected chi connectivity index (χ4v) is 5.51. The Bertz CT molecular complexity index is 1200. The van der Waals surface area contributed by atoms with Crippen LogP contribution in [0.15, 0.2) is 66.7 Å². The van der Waals surface area contributed by atoms with Gasteiger partial charge in [0.25, 0.3) is 5.91 Å². The molecule has 0 aliphatic heterocycles. The van der Waals surface area contributed by atoms with Crippen molar-refractivity contribution in [3.63, 3.8) is 0 Å². The van der Waals surface area contributed by atoms with Crippen LogP contribution in [0.25, 0.3) is 0 Å². The van der Waals surface area contributed by atoms with Crippen molar-refractivity contribution in [2.24, 2.45) is 5.92 Å². The van der Waals surface area contributed by atoms with E-state index in [0.29, 0.717) is 30.9 Å². The lowest BCUT2D eigenvalue weighted by atomic mass is 9.59. The number of halogens is 2. The van der Waals surface area contributed by atoms with Gasteiger partial charge >= 0.3 is 0 Å². The third-order valence-electron chi connectivity index (χ3n) is 7.03. The molecule has 174 valence electrons. The average molecular weight is 461 g/mol. The van der Waals surface area contributed by atoms with Crippen LogP contribution in [0.4, 0.5) is 8.78 Å². The van der Waals surface area contributed by atoms with E-state index in [4.69, 9.17) is 0 Å². The van der Waals surface area contributed by atoms with Crippen molar-refractivity contribution < 1.29 is 18.4 Å². The summed E-state index contributed by atoms with van der Waals surface area (Å²) in [5.74, 6) is -1.34. The van der Waals surface area contributed by atoms with Crippen molar-refractivity contribution in [2.75, 3.05) is 13.1 Å². The number of carbonyl (C=O) groups excluding carboxylic acids is 2. The van der Waals surface area contributed by atoms with Crippen LogP contribution in [-0.2, 0) is 4.79 Å². The number of benzene rings is 3. The van der Waals surface area contributed by atoms with Gasteiger partial charge in [-0.3, -0.25) is 9.59 Å². The molecule has 3 aliphatic rings. The molecule has 4 nitrogen and oxygen atoms in total. The van der Waals surface area contributed by atoms with E-state index >= 15 is 0 Å². The molecule has 2 amide bonds. The molecule has 1 atom stereocenters. The first-order valence-corrected chi connectivity index (χ1v) is 11.7. The van der Waals surface area contributed by atoms with Crippen LogP contribution in [0.1, 0.15) is 63.7 Å². The third-order valence-corrected chi connectivity index (χ3v) is 7.03. The van der Waals surface area contributed by atoms with Gasteiger partial charge in [0.1, 0.15) is 11.6 Å². The molecule has 6 rings (SSSR count). The van der Waals surface area contributed by atoms with Crippen molar-refractivity contribution in [3.8, 4) is 0 Å². The predicted octanol–water partition coefficient (Wildman–Crippen LogP) is 4.89. The fourth-order valence-electron chi connectivity index (χ4n) is 5.51. The standard InChI is InChI=1S/C28H26F2N2O2/c29-18-11-12-23(25(30)15-18)28(34)31-13-5-10-26(33)32-16-17-14-24-19-6-1-3-8-21(19)27(17)22-9-4-2-7-20(22)24/h1-4,6-9,11-12,15,17,24,27H,5,10,13-14,16H2,(H,31,34)(H,32,33). The van der Waals surface area contributed by atoms with Gasteiger partial charge in [-0.05, 0) is 53.1 Å². The van der Waals surface area contributed by atoms with Crippen LogP contribution in [-0.4, -0.2) is 24.9 Å². The second-order valence-electron chi connectivity index (χ2n) is 9.07. The molecule has 0 heterocycles. The topological polar surface area (TPSA) is 58.2 Å². The Labute approximate surface area is 197 Å². The molecular weight excluding hydrogens is 434 g/mol. The first-order chi connectivity index (χ1) is 16.5. The lowest BCUT2D eigenvalue weighted by Gasteiger charge is -2.45. The highest BCUT2D eigenvalue weighted by Gasteiger charge is 2.42. The minimum absolute atomic E-state index is 0.0646. The molecule has 0 saturated carbocycles. The fraction of sp³-hybridized carbons (Fsp3) is 0.286. The molecule has 2 N–H and O–H groups in total. The number of amides is 2. The summed E-state index contributed by atoms with van der Waals surface area (Å²) in [6, 6.07) is 20.1. The molecule has 0 fully saturated rings. The molecule has 34 heavy (non-hydrogen) atoms. The van der Waals surface area contributed by atoms with E-state index in [1.54, 1.807) is 0 Å². The van der Waals surface area contributed by atoms with Gasteiger partial charge in [0, 0.05) is 37.4 Å². The number of rotatable bonds is 7. The van der Waals surface area contributed by atoms with Crippen LogP contribution in [0.5, 0.6) is 0 Å². The van der Waals surface area contributed by atoms with Gasteiger partial charge in [-0.1, -0.05) is 48.5 Å². The van der Waals surface area contributed by atoms with Crippen molar-refractivity contribution in [1.29, 1.82) is 0 Å². The van der Waals surface area contributed by atoms with Crippen LogP contribution >= 0.6 is 0 Å². The maximum Gasteiger partial charge on any atom is 0.254 e. The van der Waals surface area contributed by atoms with E-state index in [1.807, 2.05) is 0 Å². The highest BCUT2D eigenvalue weighted by Crippen LogP contribution is 2.55. The molecule has 6 heteroatoms. The van der Waals surface area contributed by atoms with Gasteiger partial charge < -0.3 is 10.6 Å². The van der Waals surface area contributed by atoms with Gasteiger partial charge in [0.2, 0.25) is 5.91 Å². The zero-order chi connectivity index (χ0) is 23.7. The van der Waals surface area contributed by atoms with Crippen molar-refractivity contribution in [3.05, 3.63) is 106 Å². The van der Waals surface area contributed by atoms with E-state index < -0.39 is 17.5 Å². The Morgan fingerprint density at radius 1 is 0.853 bits per heavy atom. The summed E-state index contributed by atoms with van der Waals surface area (Å²) in [4.78, 5) is 24.5. The summed E-state index contributed by atoms with van der Waals surface area (Å²) in [5.41, 5.74) is 5.34. The quantitative estimate of drug-likeness (QED) is 0.494. The Balaban J connectivity index is 1.14.